The second kappa shape index (κ2) is 9.74. The number of hydrogen-bond acceptors (Lipinski definition) is 4. The average molecular weight is 395 g/mol. The van der Waals surface area contributed by atoms with Crippen molar-refractivity contribution in [3.8, 4) is 0 Å². The fourth-order valence-electron chi connectivity index (χ4n) is 3.38. The van der Waals surface area contributed by atoms with E-state index in [9.17, 15) is 14.4 Å². The van der Waals surface area contributed by atoms with Gasteiger partial charge in [-0.2, -0.15) is 0 Å². The molecule has 1 aliphatic carbocycles. The van der Waals surface area contributed by atoms with Crippen LogP contribution in [0, 0.1) is 0 Å². The second-order valence-corrected chi connectivity index (χ2v) is 7.39. The summed E-state index contributed by atoms with van der Waals surface area (Å²) < 4.78 is 5.32. The summed E-state index contributed by atoms with van der Waals surface area (Å²) in [5.41, 5.74) is 0.136. The average Bonchev–Trinajstić information content (AvgIpc) is 3.15. The van der Waals surface area contributed by atoms with E-state index >= 15 is 0 Å². The van der Waals surface area contributed by atoms with Crippen molar-refractivity contribution in [3.05, 3.63) is 34.9 Å². The number of hydrogen-bond donors (Lipinski definition) is 2. The number of benzene rings is 1. The molecule has 2 N–H and O–H groups in total. The Bertz CT molecular complexity index is 669. The molecular weight excluding hydrogens is 368 g/mol. The van der Waals surface area contributed by atoms with Crippen molar-refractivity contribution < 1.29 is 19.1 Å². The standard InChI is InChI=1S/C20H27ClN2O4/c1-3-12-22-18(25)14(2)23-17(24)13-27-19(26)20(10-4-5-11-20)15-6-8-16(21)9-7-15/h6-9,14H,3-5,10-13H2,1-2H3,(H,22,25)(H,23,24)/t14-/m1/s1. The predicted octanol–water partition coefficient (Wildman–Crippen LogP) is 2.73. The van der Waals surface area contributed by atoms with Crippen LogP contribution >= 0.6 is 11.6 Å². The molecule has 148 valence electrons. The Morgan fingerprint density at radius 1 is 1.19 bits per heavy atom. The van der Waals surface area contributed by atoms with Crippen LogP contribution in [0.4, 0.5) is 0 Å². The molecule has 0 saturated heterocycles. The first-order valence-corrected chi connectivity index (χ1v) is 9.77. The molecule has 0 aliphatic heterocycles. The molecule has 1 atom stereocenters. The van der Waals surface area contributed by atoms with Crippen LogP contribution in [0.2, 0.25) is 5.02 Å². The molecule has 1 aromatic carbocycles. The zero-order chi connectivity index (χ0) is 19.9. The highest BCUT2D eigenvalue weighted by atomic mass is 35.5. The first kappa shape index (κ1) is 21.2. The topological polar surface area (TPSA) is 84.5 Å². The van der Waals surface area contributed by atoms with E-state index < -0.39 is 29.9 Å². The van der Waals surface area contributed by atoms with Crippen LogP contribution in [0.5, 0.6) is 0 Å². The Kier molecular flexibility index (Phi) is 7.66. The van der Waals surface area contributed by atoms with Gasteiger partial charge in [0.1, 0.15) is 6.04 Å². The normalized spacial score (nSPS) is 16.4. The Labute approximate surface area is 165 Å². The van der Waals surface area contributed by atoms with E-state index in [1.165, 1.54) is 0 Å². The van der Waals surface area contributed by atoms with Crippen LogP contribution in [0.3, 0.4) is 0 Å². The van der Waals surface area contributed by atoms with Crippen LogP contribution in [0.15, 0.2) is 24.3 Å². The van der Waals surface area contributed by atoms with E-state index in [0.717, 1.165) is 24.8 Å². The maximum atomic E-state index is 12.8. The molecule has 1 saturated carbocycles. The number of halogens is 1. The van der Waals surface area contributed by atoms with Crippen LogP contribution in [-0.2, 0) is 24.5 Å². The number of esters is 1. The van der Waals surface area contributed by atoms with Gasteiger partial charge in [0.15, 0.2) is 6.61 Å². The first-order chi connectivity index (χ1) is 12.9. The molecule has 2 amide bonds. The zero-order valence-corrected chi connectivity index (χ0v) is 16.6. The summed E-state index contributed by atoms with van der Waals surface area (Å²) in [5, 5.41) is 5.86. The van der Waals surface area contributed by atoms with Crippen LogP contribution in [-0.4, -0.2) is 37.0 Å². The predicted molar refractivity (Wildman–Crippen MR) is 103 cm³/mol. The lowest BCUT2D eigenvalue weighted by molar-refractivity contribution is -0.154. The third-order valence-corrected chi connectivity index (χ3v) is 5.15. The van der Waals surface area contributed by atoms with Crippen molar-refractivity contribution in [1.29, 1.82) is 0 Å². The zero-order valence-electron chi connectivity index (χ0n) is 15.8. The van der Waals surface area contributed by atoms with Gasteiger partial charge >= 0.3 is 5.97 Å². The van der Waals surface area contributed by atoms with Gasteiger partial charge in [-0.25, -0.2) is 0 Å². The first-order valence-electron chi connectivity index (χ1n) is 9.39. The van der Waals surface area contributed by atoms with Crippen LogP contribution < -0.4 is 10.6 Å². The molecule has 1 fully saturated rings. The Balaban J connectivity index is 1.93. The molecular formula is C20H27ClN2O4. The van der Waals surface area contributed by atoms with Crippen molar-refractivity contribution >= 4 is 29.4 Å². The quantitative estimate of drug-likeness (QED) is 0.664. The summed E-state index contributed by atoms with van der Waals surface area (Å²) in [6.07, 6.45) is 4.05. The lowest BCUT2D eigenvalue weighted by Crippen LogP contribution is -2.46. The Hall–Kier alpha value is -2.08. The molecule has 1 aromatic rings. The molecule has 27 heavy (non-hydrogen) atoms. The van der Waals surface area contributed by atoms with Gasteiger partial charge in [-0.1, -0.05) is 43.5 Å². The highest BCUT2D eigenvalue weighted by Gasteiger charge is 2.44. The third kappa shape index (κ3) is 5.45. The minimum absolute atomic E-state index is 0.259. The van der Waals surface area contributed by atoms with Crippen molar-refractivity contribution in [1.82, 2.24) is 10.6 Å². The summed E-state index contributed by atoms with van der Waals surface area (Å²) >= 11 is 5.95. The van der Waals surface area contributed by atoms with Gasteiger partial charge in [0, 0.05) is 11.6 Å². The maximum Gasteiger partial charge on any atom is 0.317 e. The number of rotatable bonds is 8. The van der Waals surface area contributed by atoms with Gasteiger partial charge < -0.3 is 15.4 Å². The number of nitrogens with one attached hydrogen (secondary N) is 2. The molecule has 0 radical (unpaired) electrons. The minimum Gasteiger partial charge on any atom is -0.455 e. The number of ether oxygens (including phenoxy) is 1. The molecule has 1 aliphatic rings. The summed E-state index contributed by atoms with van der Waals surface area (Å²) in [6, 6.07) is 6.52. The van der Waals surface area contributed by atoms with Crippen LogP contribution in [0.1, 0.15) is 51.5 Å². The maximum absolute atomic E-state index is 12.8. The van der Waals surface area contributed by atoms with Gasteiger partial charge in [-0.3, -0.25) is 14.4 Å². The number of amides is 2. The lowest BCUT2D eigenvalue weighted by atomic mass is 9.79. The highest BCUT2D eigenvalue weighted by molar-refractivity contribution is 6.30. The summed E-state index contributed by atoms with van der Waals surface area (Å²) in [5.74, 6) is -1.16. The van der Waals surface area contributed by atoms with E-state index in [2.05, 4.69) is 10.6 Å². The Morgan fingerprint density at radius 2 is 1.81 bits per heavy atom. The van der Waals surface area contributed by atoms with Crippen molar-refractivity contribution in [2.45, 2.75) is 57.4 Å². The lowest BCUT2D eigenvalue weighted by Gasteiger charge is -2.27. The fourth-order valence-corrected chi connectivity index (χ4v) is 3.50. The number of carbonyl (C=O) groups excluding carboxylic acids is 3. The molecule has 0 spiro atoms. The van der Waals surface area contributed by atoms with Gasteiger partial charge in [0.2, 0.25) is 5.91 Å². The highest BCUT2D eigenvalue weighted by Crippen LogP contribution is 2.42. The Morgan fingerprint density at radius 3 is 2.41 bits per heavy atom. The largest absolute Gasteiger partial charge is 0.455 e. The van der Waals surface area contributed by atoms with E-state index in [1.807, 2.05) is 19.1 Å². The van der Waals surface area contributed by atoms with E-state index in [0.29, 0.717) is 24.4 Å². The second-order valence-electron chi connectivity index (χ2n) is 6.95. The van der Waals surface area contributed by atoms with Crippen LogP contribution in [0.25, 0.3) is 0 Å². The smallest absolute Gasteiger partial charge is 0.317 e. The van der Waals surface area contributed by atoms with E-state index in [4.69, 9.17) is 16.3 Å². The third-order valence-electron chi connectivity index (χ3n) is 4.90. The molecule has 0 bridgehead atoms. The summed E-state index contributed by atoms with van der Waals surface area (Å²) in [7, 11) is 0. The van der Waals surface area contributed by atoms with Crippen molar-refractivity contribution in [2.24, 2.45) is 0 Å². The van der Waals surface area contributed by atoms with E-state index in [-0.39, 0.29) is 5.91 Å². The minimum atomic E-state index is -0.727. The molecule has 7 heteroatoms. The molecule has 2 rings (SSSR count). The van der Waals surface area contributed by atoms with Crippen molar-refractivity contribution in [2.75, 3.05) is 13.2 Å². The van der Waals surface area contributed by atoms with Gasteiger partial charge in [-0.15, -0.1) is 0 Å². The van der Waals surface area contributed by atoms with Gasteiger partial charge in [0.25, 0.3) is 5.91 Å². The van der Waals surface area contributed by atoms with Gasteiger partial charge in [-0.05, 0) is 43.9 Å². The van der Waals surface area contributed by atoms with Gasteiger partial charge in [0.05, 0.1) is 5.41 Å². The summed E-state index contributed by atoms with van der Waals surface area (Å²) in [6.45, 7) is 3.69. The SMILES string of the molecule is CCCNC(=O)[C@@H](C)NC(=O)COC(=O)C1(c2ccc(Cl)cc2)CCCC1. The molecule has 0 aromatic heterocycles. The van der Waals surface area contributed by atoms with Crippen molar-refractivity contribution in [3.63, 3.8) is 0 Å². The number of carbonyl (C=O) groups is 3. The van der Waals surface area contributed by atoms with E-state index in [1.54, 1.807) is 19.1 Å². The molecule has 0 unspecified atom stereocenters. The fraction of sp³-hybridized carbons (Fsp3) is 0.550. The monoisotopic (exact) mass is 394 g/mol. The molecule has 6 nitrogen and oxygen atoms in total. The molecule has 0 heterocycles. The summed E-state index contributed by atoms with van der Waals surface area (Å²) in [4.78, 5) is 36.7.